The summed E-state index contributed by atoms with van der Waals surface area (Å²) in [7, 11) is -4.08. The topological polar surface area (TPSA) is 59.1 Å². The fraction of sp³-hybridized carbons (Fsp3) is 0. The van der Waals surface area contributed by atoms with Gasteiger partial charge in [-0.25, -0.2) is 22.2 Å². The third-order valence-electron chi connectivity index (χ3n) is 2.15. The normalized spacial score (nSPS) is 11.3. The number of hydrogen-bond acceptors (Lipinski definition) is 3. The Kier molecular flexibility index (Phi) is 3.81. The van der Waals surface area contributed by atoms with Gasteiger partial charge in [0.15, 0.2) is 0 Å². The van der Waals surface area contributed by atoms with Crippen molar-refractivity contribution in [2.24, 2.45) is 0 Å². The average molecular weight is 349 g/mol. The van der Waals surface area contributed by atoms with E-state index < -0.39 is 26.6 Å². The van der Waals surface area contributed by atoms with Gasteiger partial charge in [-0.1, -0.05) is 0 Å². The molecule has 19 heavy (non-hydrogen) atoms. The monoisotopic (exact) mass is 348 g/mol. The highest BCUT2D eigenvalue weighted by Crippen LogP contribution is 2.23. The molecule has 0 amide bonds. The van der Waals surface area contributed by atoms with Gasteiger partial charge in [-0.3, -0.25) is 4.72 Å². The zero-order valence-electron chi connectivity index (χ0n) is 9.27. The third-order valence-corrected chi connectivity index (χ3v) is 4.13. The van der Waals surface area contributed by atoms with Gasteiger partial charge in [0.1, 0.15) is 16.2 Å². The SMILES string of the molecule is O=S(=O)(Nc1cccnc1Br)c1cc(F)cc(F)c1. The number of anilines is 1. The molecule has 0 aliphatic heterocycles. The minimum absolute atomic E-state index is 0.173. The molecule has 0 spiro atoms. The smallest absolute Gasteiger partial charge is 0.262 e. The second-order valence-electron chi connectivity index (χ2n) is 3.55. The quantitative estimate of drug-likeness (QED) is 0.867. The van der Waals surface area contributed by atoms with Gasteiger partial charge in [0.2, 0.25) is 0 Å². The number of aromatic nitrogens is 1. The van der Waals surface area contributed by atoms with E-state index in [1.54, 1.807) is 0 Å². The van der Waals surface area contributed by atoms with E-state index in [2.05, 4.69) is 25.6 Å². The minimum Gasteiger partial charge on any atom is -0.277 e. The third kappa shape index (κ3) is 3.27. The highest BCUT2D eigenvalue weighted by atomic mass is 79.9. The molecule has 1 aromatic carbocycles. The number of halogens is 3. The number of nitrogens with zero attached hydrogens (tertiary/aromatic N) is 1. The predicted octanol–water partition coefficient (Wildman–Crippen LogP) is 2.92. The summed E-state index contributed by atoms with van der Waals surface area (Å²) in [6.07, 6.45) is 1.46. The maximum atomic E-state index is 13.0. The zero-order chi connectivity index (χ0) is 14.0. The lowest BCUT2D eigenvalue weighted by Crippen LogP contribution is -2.14. The molecule has 100 valence electrons. The van der Waals surface area contributed by atoms with Gasteiger partial charge in [0.05, 0.1) is 10.6 Å². The number of pyridine rings is 1. The molecule has 2 rings (SSSR count). The lowest BCUT2D eigenvalue weighted by molar-refractivity contribution is 0.568. The number of rotatable bonds is 3. The Morgan fingerprint density at radius 1 is 1.16 bits per heavy atom. The highest BCUT2D eigenvalue weighted by molar-refractivity contribution is 9.10. The van der Waals surface area contributed by atoms with Crippen LogP contribution in [0, 0.1) is 11.6 Å². The Balaban J connectivity index is 2.41. The van der Waals surface area contributed by atoms with Crippen molar-refractivity contribution in [1.29, 1.82) is 0 Å². The Morgan fingerprint density at radius 2 is 1.79 bits per heavy atom. The molecule has 1 N–H and O–H groups in total. The Labute approximate surface area is 116 Å². The summed E-state index contributed by atoms with van der Waals surface area (Å²) in [6, 6.07) is 5.05. The summed E-state index contributed by atoms with van der Waals surface area (Å²) in [5, 5.41) is 0. The maximum Gasteiger partial charge on any atom is 0.262 e. The van der Waals surface area contributed by atoms with E-state index in [0.717, 1.165) is 12.1 Å². The van der Waals surface area contributed by atoms with Crippen molar-refractivity contribution in [1.82, 2.24) is 4.98 Å². The summed E-state index contributed by atoms with van der Waals surface area (Å²) in [5.74, 6) is -1.93. The molecule has 1 heterocycles. The van der Waals surface area contributed by atoms with Gasteiger partial charge in [-0.05, 0) is 40.2 Å². The van der Waals surface area contributed by atoms with Crippen molar-refractivity contribution >= 4 is 31.6 Å². The fourth-order valence-corrected chi connectivity index (χ4v) is 2.94. The van der Waals surface area contributed by atoms with Gasteiger partial charge in [0, 0.05) is 12.3 Å². The number of hydrogen-bond donors (Lipinski definition) is 1. The van der Waals surface area contributed by atoms with Crippen molar-refractivity contribution in [2.45, 2.75) is 4.90 Å². The molecule has 0 aliphatic carbocycles. The van der Waals surface area contributed by atoms with Crippen LogP contribution in [0.3, 0.4) is 0 Å². The van der Waals surface area contributed by atoms with Crippen LogP contribution in [0.4, 0.5) is 14.5 Å². The lowest BCUT2D eigenvalue weighted by Gasteiger charge is -2.09. The van der Waals surface area contributed by atoms with Crippen molar-refractivity contribution < 1.29 is 17.2 Å². The Hall–Kier alpha value is -1.54. The van der Waals surface area contributed by atoms with E-state index in [1.807, 2.05) is 0 Å². The molecule has 0 saturated carbocycles. The van der Waals surface area contributed by atoms with Crippen molar-refractivity contribution in [3.63, 3.8) is 0 Å². The van der Waals surface area contributed by atoms with Gasteiger partial charge in [0.25, 0.3) is 10.0 Å². The van der Waals surface area contributed by atoms with E-state index in [1.165, 1.54) is 18.3 Å². The Morgan fingerprint density at radius 3 is 2.37 bits per heavy atom. The summed E-state index contributed by atoms with van der Waals surface area (Å²) in [5.41, 5.74) is 0.173. The van der Waals surface area contributed by atoms with Crippen LogP contribution in [0.25, 0.3) is 0 Å². The summed E-state index contributed by atoms with van der Waals surface area (Å²) in [4.78, 5) is 3.33. The minimum atomic E-state index is -4.08. The van der Waals surface area contributed by atoms with E-state index in [9.17, 15) is 17.2 Å². The molecule has 0 radical (unpaired) electrons. The van der Waals surface area contributed by atoms with Crippen LogP contribution in [-0.2, 0) is 10.0 Å². The molecule has 8 heteroatoms. The molecular weight excluding hydrogens is 342 g/mol. The maximum absolute atomic E-state index is 13.0. The summed E-state index contributed by atoms with van der Waals surface area (Å²) in [6.45, 7) is 0. The van der Waals surface area contributed by atoms with Gasteiger partial charge < -0.3 is 0 Å². The van der Waals surface area contributed by atoms with Crippen LogP contribution >= 0.6 is 15.9 Å². The molecule has 0 aliphatic rings. The largest absolute Gasteiger partial charge is 0.277 e. The van der Waals surface area contributed by atoms with Crippen molar-refractivity contribution in [3.8, 4) is 0 Å². The van der Waals surface area contributed by atoms with E-state index in [0.29, 0.717) is 6.07 Å². The zero-order valence-corrected chi connectivity index (χ0v) is 11.7. The van der Waals surface area contributed by atoms with Crippen LogP contribution in [0.5, 0.6) is 0 Å². The molecule has 1 aromatic heterocycles. The molecule has 0 atom stereocenters. The molecule has 0 fully saturated rings. The first-order valence-electron chi connectivity index (χ1n) is 4.98. The molecule has 0 unspecified atom stereocenters. The van der Waals surface area contributed by atoms with Crippen molar-refractivity contribution in [2.75, 3.05) is 4.72 Å². The summed E-state index contributed by atoms with van der Waals surface area (Å²) < 4.78 is 52.4. The first-order chi connectivity index (χ1) is 8.88. The highest BCUT2D eigenvalue weighted by Gasteiger charge is 2.17. The Bertz CT molecular complexity index is 702. The molecule has 4 nitrogen and oxygen atoms in total. The lowest BCUT2D eigenvalue weighted by atomic mass is 10.3. The van der Waals surface area contributed by atoms with Crippen LogP contribution in [0.1, 0.15) is 0 Å². The van der Waals surface area contributed by atoms with E-state index in [-0.39, 0.29) is 10.3 Å². The summed E-state index contributed by atoms with van der Waals surface area (Å²) >= 11 is 3.06. The van der Waals surface area contributed by atoms with Crippen LogP contribution in [-0.4, -0.2) is 13.4 Å². The van der Waals surface area contributed by atoms with Gasteiger partial charge >= 0.3 is 0 Å². The molecule has 0 saturated heterocycles. The molecule has 2 aromatic rings. The average Bonchev–Trinajstić information content (AvgIpc) is 2.31. The second kappa shape index (κ2) is 5.22. The van der Waals surface area contributed by atoms with E-state index >= 15 is 0 Å². The second-order valence-corrected chi connectivity index (χ2v) is 5.99. The number of nitrogens with one attached hydrogen (secondary N) is 1. The first kappa shape index (κ1) is 13.9. The van der Waals surface area contributed by atoms with Crippen LogP contribution in [0.15, 0.2) is 46.0 Å². The van der Waals surface area contributed by atoms with Gasteiger partial charge in [-0.2, -0.15) is 0 Å². The standard InChI is InChI=1S/C11H7BrF2N2O2S/c12-11-10(2-1-3-15-11)16-19(17,18)9-5-7(13)4-8(14)6-9/h1-6,16H. The number of benzene rings is 1. The molecular formula is C11H7BrF2N2O2S. The van der Waals surface area contributed by atoms with Gasteiger partial charge in [-0.15, -0.1) is 0 Å². The predicted molar refractivity (Wildman–Crippen MR) is 69.1 cm³/mol. The van der Waals surface area contributed by atoms with Crippen LogP contribution < -0.4 is 4.72 Å². The van der Waals surface area contributed by atoms with E-state index in [4.69, 9.17) is 0 Å². The first-order valence-corrected chi connectivity index (χ1v) is 7.25. The number of sulfonamides is 1. The van der Waals surface area contributed by atoms with Crippen LogP contribution in [0.2, 0.25) is 0 Å². The molecule has 0 bridgehead atoms. The fourth-order valence-electron chi connectivity index (χ4n) is 1.35. The van der Waals surface area contributed by atoms with Crippen molar-refractivity contribution in [3.05, 3.63) is 52.8 Å².